The minimum absolute atomic E-state index is 0.0654. The van der Waals surface area contributed by atoms with Crippen LogP contribution in [-0.4, -0.2) is 9.55 Å². The third-order valence-corrected chi connectivity index (χ3v) is 3.93. The highest BCUT2D eigenvalue weighted by Crippen LogP contribution is 2.13. The van der Waals surface area contributed by atoms with Gasteiger partial charge in [-0.25, -0.2) is 0 Å². The van der Waals surface area contributed by atoms with Gasteiger partial charge in [-0.3, -0.25) is 9.36 Å². The van der Waals surface area contributed by atoms with Crippen LogP contribution in [0.25, 0.3) is 10.9 Å². The standard InChI is InChI=1S/C15H11BrN2OS/c16-11-5-3-4-10(8-11)9-18-14(19)12-6-1-2-7-13(12)17-15(18)20/h1-8H,9H2,(H,17,20). The van der Waals surface area contributed by atoms with Crippen LogP contribution in [0.3, 0.4) is 0 Å². The molecule has 0 spiro atoms. The number of halogens is 1. The summed E-state index contributed by atoms with van der Waals surface area (Å²) in [7, 11) is 0. The lowest BCUT2D eigenvalue weighted by Gasteiger charge is -2.08. The van der Waals surface area contributed by atoms with E-state index in [4.69, 9.17) is 12.2 Å². The Morgan fingerprint density at radius 3 is 2.75 bits per heavy atom. The average molecular weight is 347 g/mol. The highest BCUT2D eigenvalue weighted by atomic mass is 79.9. The summed E-state index contributed by atoms with van der Waals surface area (Å²) in [4.78, 5) is 15.6. The fourth-order valence-electron chi connectivity index (χ4n) is 2.16. The smallest absolute Gasteiger partial charge is 0.262 e. The van der Waals surface area contributed by atoms with E-state index in [0.717, 1.165) is 15.6 Å². The Morgan fingerprint density at radius 1 is 1.15 bits per heavy atom. The van der Waals surface area contributed by atoms with Gasteiger partial charge in [0, 0.05) is 4.47 Å². The summed E-state index contributed by atoms with van der Waals surface area (Å²) < 4.78 is 3.01. The van der Waals surface area contributed by atoms with E-state index in [9.17, 15) is 4.79 Å². The van der Waals surface area contributed by atoms with E-state index in [0.29, 0.717) is 16.7 Å². The molecule has 3 aromatic rings. The topological polar surface area (TPSA) is 37.8 Å². The molecule has 5 heteroatoms. The van der Waals surface area contributed by atoms with Gasteiger partial charge in [-0.1, -0.05) is 40.2 Å². The van der Waals surface area contributed by atoms with Crippen LogP contribution >= 0.6 is 28.1 Å². The van der Waals surface area contributed by atoms with Crippen LogP contribution in [0.1, 0.15) is 5.56 Å². The lowest BCUT2D eigenvalue weighted by molar-refractivity contribution is 0.734. The van der Waals surface area contributed by atoms with Gasteiger partial charge in [0.15, 0.2) is 4.77 Å². The van der Waals surface area contributed by atoms with Crippen LogP contribution < -0.4 is 5.56 Å². The number of aromatic nitrogens is 2. The van der Waals surface area contributed by atoms with Crippen LogP contribution in [-0.2, 0) is 6.54 Å². The molecule has 0 aliphatic rings. The summed E-state index contributed by atoms with van der Waals surface area (Å²) in [6.07, 6.45) is 0. The van der Waals surface area contributed by atoms with Crippen molar-refractivity contribution in [1.29, 1.82) is 0 Å². The third kappa shape index (κ3) is 2.46. The number of hydrogen-bond donors (Lipinski definition) is 1. The maximum atomic E-state index is 12.5. The molecular formula is C15H11BrN2OS. The summed E-state index contributed by atoms with van der Waals surface area (Å²) in [5, 5.41) is 0.649. The number of fused-ring (bicyclic) bond motifs is 1. The SMILES string of the molecule is O=c1c2ccccc2[nH]c(=S)n1Cc1cccc(Br)c1. The quantitative estimate of drug-likeness (QED) is 0.715. The first-order chi connectivity index (χ1) is 9.65. The molecule has 2 aromatic carbocycles. The second kappa shape index (κ2) is 5.34. The Morgan fingerprint density at radius 2 is 1.95 bits per heavy atom. The van der Waals surface area contributed by atoms with Crippen molar-refractivity contribution in [2.45, 2.75) is 6.54 Å². The molecule has 100 valence electrons. The van der Waals surface area contributed by atoms with Crippen molar-refractivity contribution < 1.29 is 0 Å². The van der Waals surface area contributed by atoms with Crippen molar-refractivity contribution in [2.75, 3.05) is 0 Å². The van der Waals surface area contributed by atoms with Crippen LogP contribution in [0.2, 0.25) is 0 Å². The number of rotatable bonds is 2. The zero-order valence-electron chi connectivity index (χ0n) is 10.5. The zero-order chi connectivity index (χ0) is 14.1. The summed E-state index contributed by atoms with van der Waals surface area (Å²) in [6, 6.07) is 15.2. The molecule has 0 aliphatic carbocycles. The number of nitrogens with one attached hydrogen (secondary N) is 1. The molecule has 0 unspecified atom stereocenters. The Kier molecular flexibility index (Phi) is 3.54. The van der Waals surface area contributed by atoms with Crippen molar-refractivity contribution in [3.8, 4) is 0 Å². The highest BCUT2D eigenvalue weighted by Gasteiger charge is 2.05. The molecule has 1 N–H and O–H groups in total. The van der Waals surface area contributed by atoms with E-state index >= 15 is 0 Å². The Balaban J connectivity index is 2.17. The molecule has 0 radical (unpaired) electrons. The van der Waals surface area contributed by atoms with Gasteiger partial charge in [0.2, 0.25) is 0 Å². The molecule has 1 aromatic heterocycles. The fraction of sp³-hybridized carbons (Fsp3) is 0.0667. The van der Waals surface area contributed by atoms with Gasteiger partial charge in [0.1, 0.15) is 0 Å². The summed E-state index contributed by atoms with van der Waals surface area (Å²) >= 11 is 8.73. The maximum Gasteiger partial charge on any atom is 0.262 e. The number of H-pyrrole nitrogens is 1. The molecule has 0 saturated heterocycles. The van der Waals surface area contributed by atoms with E-state index in [2.05, 4.69) is 20.9 Å². The number of para-hydroxylation sites is 1. The Labute approximate surface area is 129 Å². The molecule has 1 heterocycles. The first kappa shape index (κ1) is 13.3. The predicted molar refractivity (Wildman–Crippen MR) is 86.6 cm³/mol. The van der Waals surface area contributed by atoms with Gasteiger partial charge in [-0.2, -0.15) is 0 Å². The summed E-state index contributed by atoms with van der Waals surface area (Å²) in [5.41, 5.74) is 1.73. The molecule has 3 rings (SSSR count). The van der Waals surface area contributed by atoms with Crippen molar-refractivity contribution >= 4 is 39.1 Å². The first-order valence-electron chi connectivity index (χ1n) is 6.11. The normalized spacial score (nSPS) is 10.8. The van der Waals surface area contributed by atoms with Gasteiger partial charge in [0.05, 0.1) is 17.4 Å². The number of aromatic amines is 1. The molecule has 3 nitrogen and oxygen atoms in total. The Hall–Kier alpha value is -1.72. The molecule has 0 saturated carbocycles. The molecule has 0 aliphatic heterocycles. The van der Waals surface area contributed by atoms with Crippen molar-refractivity contribution in [1.82, 2.24) is 9.55 Å². The second-order valence-corrected chi connectivity index (χ2v) is 5.80. The van der Waals surface area contributed by atoms with Crippen molar-refractivity contribution in [3.63, 3.8) is 0 Å². The second-order valence-electron chi connectivity index (χ2n) is 4.50. The number of hydrogen-bond acceptors (Lipinski definition) is 2. The monoisotopic (exact) mass is 346 g/mol. The van der Waals surface area contributed by atoms with Gasteiger partial charge in [-0.05, 0) is 42.0 Å². The summed E-state index contributed by atoms with van der Waals surface area (Å²) in [6.45, 7) is 0.457. The van der Waals surface area contributed by atoms with Crippen molar-refractivity contribution in [2.24, 2.45) is 0 Å². The molecule has 0 bridgehead atoms. The molecule has 20 heavy (non-hydrogen) atoms. The first-order valence-corrected chi connectivity index (χ1v) is 7.31. The minimum Gasteiger partial charge on any atom is -0.332 e. The largest absolute Gasteiger partial charge is 0.332 e. The van der Waals surface area contributed by atoms with E-state index in [-0.39, 0.29) is 5.56 Å². The highest BCUT2D eigenvalue weighted by molar-refractivity contribution is 9.10. The minimum atomic E-state index is -0.0654. The lowest BCUT2D eigenvalue weighted by Crippen LogP contribution is -2.22. The van der Waals surface area contributed by atoms with E-state index < -0.39 is 0 Å². The van der Waals surface area contributed by atoms with Gasteiger partial charge < -0.3 is 4.98 Å². The number of nitrogens with zero attached hydrogens (tertiary/aromatic N) is 1. The van der Waals surface area contributed by atoms with E-state index in [1.807, 2.05) is 42.5 Å². The van der Waals surface area contributed by atoms with E-state index in [1.165, 1.54) is 0 Å². The van der Waals surface area contributed by atoms with Crippen LogP contribution in [0, 0.1) is 4.77 Å². The van der Waals surface area contributed by atoms with Crippen LogP contribution in [0.4, 0.5) is 0 Å². The van der Waals surface area contributed by atoms with Gasteiger partial charge >= 0.3 is 0 Å². The predicted octanol–water partition coefficient (Wildman–Crippen LogP) is 3.87. The zero-order valence-corrected chi connectivity index (χ0v) is 12.9. The van der Waals surface area contributed by atoms with Crippen molar-refractivity contribution in [3.05, 3.63) is 73.7 Å². The fourth-order valence-corrected chi connectivity index (χ4v) is 2.86. The van der Waals surface area contributed by atoms with Gasteiger partial charge in [-0.15, -0.1) is 0 Å². The van der Waals surface area contributed by atoms with E-state index in [1.54, 1.807) is 10.6 Å². The van der Waals surface area contributed by atoms with Crippen LogP contribution in [0.5, 0.6) is 0 Å². The molecular weight excluding hydrogens is 336 g/mol. The molecule has 0 atom stereocenters. The lowest BCUT2D eigenvalue weighted by atomic mass is 10.2. The molecule has 0 fully saturated rings. The van der Waals surface area contributed by atoms with Crippen LogP contribution in [0.15, 0.2) is 57.8 Å². The number of benzene rings is 2. The third-order valence-electron chi connectivity index (χ3n) is 3.12. The Bertz CT molecular complexity index is 898. The maximum absolute atomic E-state index is 12.5. The average Bonchev–Trinajstić information content (AvgIpc) is 2.43. The molecule has 0 amide bonds. The summed E-state index contributed by atoms with van der Waals surface area (Å²) in [5.74, 6) is 0. The van der Waals surface area contributed by atoms with Gasteiger partial charge in [0.25, 0.3) is 5.56 Å².